The summed E-state index contributed by atoms with van der Waals surface area (Å²) < 4.78 is 28.3. The summed E-state index contributed by atoms with van der Waals surface area (Å²) in [4.78, 5) is 20.7. The summed E-state index contributed by atoms with van der Waals surface area (Å²) in [6.07, 6.45) is 2.99. The lowest BCUT2D eigenvalue weighted by Gasteiger charge is -2.08. The van der Waals surface area contributed by atoms with Crippen molar-refractivity contribution in [3.63, 3.8) is 0 Å². The van der Waals surface area contributed by atoms with Crippen LogP contribution in [-0.2, 0) is 10.0 Å². The van der Waals surface area contributed by atoms with Crippen molar-refractivity contribution in [1.29, 1.82) is 0 Å². The molecule has 2 N–H and O–H groups in total. The smallest absolute Gasteiger partial charge is 0.261 e. The fraction of sp³-hybridized carbons (Fsp3) is 0. The number of carbonyl (C=O) groups excluding carboxylic acids is 1. The number of sulfonamides is 1. The molecule has 2 aromatic heterocycles. The van der Waals surface area contributed by atoms with Crippen molar-refractivity contribution < 1.29 is 13.2 Å². The van der Waals surface area contributed by atoms with E-state index in [-0.39, 0.29) is 10.8 Å². The number of para-hydroxylation sites is 1. The van der Waals surface area contributed by atoms with Crippen molar-refractivity contribution in [2.75, 3.05) is 10.0 Å². The van der Waals surface area contributed by atoms with Gasteiger partial charge in [0.25, 0.3) is 15.9 Å². The molecule has 0 fully saturated rings. The second kappa shape index (κ2) is 7.37. The number of benzene rings is 2. The third-order valence-electron chi connectivity index (χ3n) is 3.87. The van der Waals surface area contributed by atoms with Crippen molar-refractivity contribution in [2.24, 2.45) is 0 Å². The summed E-state index contributed by atoms with van der Waals surface area (Å²) in [7, 11) is -3.75. The van der Waals surface area contributed by atoms with E-state index in [0.29, 0.717) is 16.4 Å². The summed E-state index contributed by atoms with van der Waals surface area (Å²) in [5, 5.41) is 3.23. The van der Waals surface area contributed by atoms with Gasteiger partial charge in [0.15, 0.2) is 5.13 Å². The molecule has 0 unspecified atom stereocenters. The van der Waals surface area contributed by atoms with Gasteiger partial charge in [0, 0.05) is 18.0 Å². The molecule has 0 spiro atoms. The minimum absolute atomic E-state index is 0.0563. The van der Waals surface area contributed by atoms with E-state index in [1.54, 1.807) is 12.1 Å². The van der Waals surface area contributed by atoms with Crippen molar-refractivity contribution in [1.82, 2.24) is 9.97 Å². The fourth-order valence-corrected chi connectivity index (χ4v) is 4.43. The highest BCUT2D eigenvalue weighted by Gasteiger charge is 2.16. The van der Waals surface area contributed by atoms with E-state index in [4.69, 9.17) is 0 Å². The van der Waals surface area contributed by atoms with E-state index in [9.17, 15) is 13.2 Å². The Balaban J connectivity index is 1.49. The normalized spacial score (nSPS) is 11.3. The first-order chi connectivity index (χ1) is 13.5. The molecule has 1 amide bonds. The maximum absolute atomic E-state index is 12.4. The first-order valence-electron chi connectivity index (χ1n) is 8.21. The molecule has 140 valence electrons. The Hall–Kier alpha value is -3.30. The zero-order chi connectivity index (χ0) is 19.6. The van der Waals surface area contributed by atoms with Crippen LogP contribution in [0.2, 0.25) is 0 Å². The first kappa shape index (κ1) is 18.1. The van der Waals surface area contributed by atoms with Gasteiger partial charge in [-0.2, -0.15) is 0 Å². The minimum atomic E-state index is -3.75. The number of thiazole rings is 1. The standard InChI is InChI=1S/C19H14N4O3S2/c24-18(22-19-21-16-3-1-2-4-17(16)27-19)13-5-7-15(8-6-13)28(25,26)23-14-9-11-20-12-10-14/h1-12H,(H,20,23)(H,21,22,24). The molecule has 0 radical (unpaired) electrons. The molecule has 0 atom stereocenters. The SMILES string of the molecule is O=C(Nc1nc2ccccc2s1)c1ccc(S(=O)(=O)Nc2ccncc2)cc1. The zero-order valence-electron chi connectivity index (χ0n) is 14.4. The third kappa shape index (κ3) is 3.85. The lowest BCUT2D eigenvalue weighted by molar-refractivity contribution is 0.102. The van der Waals surface area contributed by atoms with Gasteiger partial charge >= 0.3 is 0 Å². The molecule has 9 heteroatoms. The van der Waals surface area contributed by atoms with E-state index in [2.05, 4.69) is 20.0 Å². The van der Waals surface area contributed by atoms with Crippen molar-refractivity contribution >= 4 is 48.3 Å². The lowest BCUT2D eigenvalue weighted by Crippen LogP contribution is -2.14. The molecule has 0 saturated heterocycles. The van der Waals surface area contributed by atoms with Crippen molar-refractivity contribution in [3.05, 3.63) is 78.6 Å². The number of hydrogen-bond donors (Lipinski definition) is 2. The Kier molecular flexibility index (Phi) is 4.76. The molecule has 2 heterocycles. The number of nitrogens with one attached hydrogen (secondary N) is 2. The molecule has 4 aromatic rings. The molecule has 0 bridgehead atoms. The van der Waals surface area contributed by atoms with Crippen LogP contribution < -0.4 is 10.0 Å². The number of rotatable bonds is 5. The Labute approximate surface area is 165 Å². The van der Waals surface area contributed by atoms with Gasteiger partial charge in [-0.1, -0.05) is 23.5 Å². The number of hydrogen-bond acceptors (Lipinski definition) is 6. The van der Waals surface area contributed by atoms with Crippen LogP contribution in [0.1, 0.15) is 10.4 Å². The molecule has 7 nitrogen and oxygen atoms in total. The molecular weight excluding hydrogens is 396 g/mol. The Bertz CT molecular complexity index is 1200. The fourth-order valence-electron chi connectivity index (χ4n) is 2.51. The Morgan fingerprint density at radius 1 is 0.929 bits per heavy atom. The molecule has 0 aliphatic rings. The van der Waals surface area contributed by atoms with E-state index in [0.717, 1.165) is 10.2 Å². The van der Waals surface area contributed by atoms with Crippen LogP contribution in [-0.4, -0.2) is 24.3 Å². The second-order valence-electron chi connectivity index (χ2n) is 5.81. The highest BCUT2D eigenvalue weighted by molar-refractivity contribution is 7.92. The molecule has 2 aromatic carbocycles. The van der Waals surface area contributed by atoms with Crippen LogP contribution in [0, 0.1) is 0 Å². The van der Waals surface area contributed by atoms with Crippen LogP contribution in [0.3, 0.4) is 0 Å². The third-order valence-corrected chi connectivity index (χ3v) is 6.22. The summed E-state index contributed by atoms with van der Waals surface area (Å²) in [5.74, 6) is -0.356. The summed E-state index contributed by atoms with van der Waals surface area (Å²) in [6, 6.07) is 16.4. The van der Waals surface area contributed by atoms with Crippen LogP contribution in [0.15, 0.2) is 78.0 Å². The maximum Gasteiger partial charge on any atom is 0.261 e. The van der Waals surface area contributed by atoms with Gasteiger partial charge in [-0.25, -0.2) is 13.4 Å². The summed E-state index contributed by atoms with van der Waals surface area (Å²) in [6.45, 7) is 0. The van der Waals surface area contributed by atoms with Crippen LogP contribution in [0.25, 0.3) is 10.2 Å². The molecular formula is C19H14N4O3S2. The van der Waals surface area contributed by atoms with Crippen LogP contribution in [0.5, 0.6) is 0 Å². The van der Waals surface area contributed by atoms with Gasteiger partial charge in [-0.05, 0) is 48.5 Å². The van der Waals surface area contributed by atoms with E-state index in [1.807, 2.05) is 24.3 Å². The van der Waals surface area contributed by atoms with Gasteiger partial charge in [0.1, 0.15) is 0 Å². The predicted molar refractivity (Wildman–Crippen MR) is 109 cm³/mol. The number of fused-ring (bicyclic) bond motifs is 1. The van der Waals surface area contributed by atoms with E-state index >= 15 is 0 Å². The first-order valence-corrected chi connectivity index (χ1v) is 10.5. The zero-order valence-corrected chi connectivity index (χ0v) is 16.0. The average Bonchev–Trinajstić information content (AvgIpc) is 3.11. The van der Waals surface area contributed by atoms with E-state index in [1.165, 1.54) is 48.0 Å². The Morgan fingerprint density at radius 2 is 1.64 bits per heavy atom. The molecule has 0 aliphatic heterocycles. The number of anilines is 2. The summed E-state index contributed by atoms with van der Waals surface area (Å²) >= 11 is 1.37. The maximum atomic E-state index is 12.4. The quantitative estimate of drug-likeness (QED) is 0.522. The topological polar surface area (TPSA) is 101 Å². The minimum Gasteiger partial charge on any atom is -0.298 e. The van der Waals surface area contributed by atoms with Gasteiger partial charge < -0.3 is 0 Å². The number of aromatic nitrogens is 2. The lowest BCUT2D eigenvalue weighted by atomic mass is 10.2. The Morgan fingerprint density at radius 3 is 2.36 bits per heavy atom. The van der Waals surface area contributed by atoms with Crippen LogP contribution >= 0.6 is 11.3 Å². The predicted octanol–water partition coefficient (Wildman–Crippen LogP) is 3.74. The number of nitrogens with zero attached hydrogens (tertiary/aromatic N) is 2. The number of pyridine rings is 1. The largest absolute Gasteiger partial charge is 0.298 e. The second-order valence-corrected chi connectivity index (χ2v) is 8.52. The number of amides is 1. The average molecular weight is 410 g/mol. The van der Waals surface area contributed by atoms with Gasteiger partial charge in [-0.15, -0.1) is 0 Å². The molecule has 4 rings (SSSR count). The van der Waals surface area contributed by atoms with Gasteiger partial charge in [0.2, 0.25) is 0 Å². The highest BCUT2D eigenvalue weighted by Crippen LogP contribution is 2.26. The van der Waals surface area contributed by atoms with E-state index < -0.39 is 10.0 Å². The molecule has 0 aliphatic carbocycles. The van der Waals surface area contributed by atoms with Crippen molar-refractivity contribution in [2.45, 2.75) is 4.90 Å². The summed E-state index contributed by atoms with van der Waals surface area (Å²) in [5.41, 5.74) is 1.56. The van der Waals surface area contributed by atoms with Gasteiger partial charge in [0.05, 0.1) is 20.8 Å². The number of carbonyl (C=O) groups is 1. The molecule has 0 saturated carbocycles. The molecule has 28 heavy (non-hydrogen) atoms. The van der Waals surface area contributed by atoms with Crippen molar-refractivity contribution in [3.8, 4) is 0 Å². The monoisotopic (exact) mass is 410 g/mol. The van der Waals surface area contributed by atoms with Crippen LogP contribution in [0.4, 0.5) is 10.8 Å². The van der Waals surface area contributed by atoms with Gasteiger partial charge in [-0.3, -0.25) is 19.8 Å². The highest BCUT2D eigenvalue weighted by atomic mass is 32.2.